The molecule has 0 saturated carbocycles. The molecule has 3 rings (SSSR count). The van der Waals surface area contributed by atoms with Crippen LogP contribution in [0.25, 0.3) is 0 Å². The summed E-state index contributed by atoms with van der Waals surface area (Å²) in [6.45, 7) is 0.663. The standard InChI is InChI=1S/C22H25N5O5/c1-27(22(29)24-17-13-16(30-2)9-10-18(17)31-3)12-11-19-25-21(32-26-19)20(28)23-14-15-7-5-4-6-8-15/h4-10,13H,11-12,14H2,1-3H3,(H,23,28)(H,24,29). The Morgan fingerprint density at radius 2 is 1.88 bits per heavy atom. The van der Waals surface area contributed by atoms with Gasteiger partial charge in [0.25, 0.3) is 0 Å². The topological polar surface area (TPSA) is 119 Å². The minimum atomic E-state index is -0.455. The van der Waals surface area contributed by atoms with Crippen molar-refractivity contribution in [1.82, 2.24) is 20.4 Å². The molecule has 0 aliphatic heterocycles. The molecular formula is C22H25N5O5. The molecule has 2 aromatic carbocycles. The van der Waals surface area contributed by atoms with E-state index in [0.717, 1.165) is 5.56 Å². The number of anilines is 1. The molecule has 1 aromatic heterocycles. The lowest BCUT2D eigenvalue weighted by molar-refractivity contribution is 0.0907. The largest absolute Gasteiger partial charge is 0.497 e. The molecular weight excluding hydrogens is 414 g/mol. The van der Waals surface area contributed by atoms with Crippen molar-refractivity contribution in [3.05, 3.63) is 65.8 Å². The third-order valence-electron chi connectivity index (χ3n) is 4.62. The Bertz CT molecular complexity index is 1050. The van der Waals surface area contributed by atoms with Gasteiger partial charge in [-0.2, -0.15) is 4.98 Å². The van der Waals surface area contributed by atoms with Gasteiger partial charge in [-0.15, -0.1) is 0 Å². The first-order chi connectivity index (χ1) is 15.5. The molecule has 0 radical (unpaired) electrons. The number of amides is 3. The lowest BCUT2D eigenvalue weighted by Crippen LogP contribution is -2.33. The second-order valence-corrected chi connectivity index (χ2v) is 6.85. The van der Waals surface area contributed by atoms with Crippen molar-refractivity contribution < 1.29 is 23.6 Å². The number of carbonyl (C=O) groups excluding carboxylic acids is 2. The molecule has 10 heteroatoms. The Morgan fingerprint density at radius 1 is 1.09 bits per heavy atom. The average Bonchev–Trinajstić information content (AvgIpc) is 3.30. The van der Waals surface area contributed by atoms with Crippen LogP contribution < -0.4 is 20.1 Å². The molecule has 0 bridgehead atoms. The number of nitrogens with one attached hydrogen (secondary N) is 2. The van der Waals surface area contributed by atoms with Gasteiger partial charge in [-0.1, -0.05) is 35.5 Å². The van der Waals surface area contributed by atoms with Gasteiger partial charge in [0.1, 0.15) is 11.5 Å². The molecule has 0 fully saturated rings. The van der Waals surface area contributed by atoms with Crippen molar-refractivity contribution >= 4 is 17.6 Å². The van der Waals surface area contributed by atoms with Crippen LogP contribution in [0.5, 0.6) is 11.5 Å². The number of likely N-dealkylation sites (N-methyl/N-ethyl adjacent to an activating group) is 1. The van der Waals surface area contributed by atoms with E-state index in [1.807, 2.05) is 30.3 Å². The van der Waals surface area contributed by atoms with Crippen molar-refractivity contribution in [3.63, 3.8) is 0 Å². The molecule has 0 aliphatic rings. The van der Waals surface area contributed by atoms with Crippen LogP contribution in [0.3, 0.4) is 0 Å². The molecule has 0 atom stereocenters. The minimum Gasteiger partial charge on any atom is -0.497 e. The van der Waals surface area contributed by atoms with E-state index >= 15 is 0 Å². The number of urea groups is 1. The van der Waals surface area contributed by atoms with E-state index in [2.05, 4.69) is 20.8 Å². The molecule has 0 spiro atoms. The molecule has 3 aromatic rings. The fraction of sp³-hybridized carbons (Fsp3) is 0.273. The molecule has 0 unspecified atom stereocenters. The fourth-order valence-electron chi connectivity index (χ4n) is 2.79. The normalized spacial score (nSPS) is 10.3. The second-order valence-electron chi connectivity index (χ2n) is 6.85. The lowest BCUT2D eigenvalue weighted by Gasteiger charge is -2.18. The summed E-state index contributed by atoms with van der Waals surface area (Å²) in [6.07, 6.45) is 0.314. The van der Waals surface area contributed by atoms with Gasteiger partial charge >= 0.3 is 17.8 Å². The third kappa shape index (κ3) is 5.97. The molecule has 2 N–H and O–H groups in total. The van der Waals surface area contributed by atoms with E-state index in [9.17, 15) is 9.59 Å². The number of ether oxygens (including phenoxy) is 2. The summed E-state index contributed by atoms with van der Waals surface area (Å²) >= 11 is 0. The van der Waals surface area contributed by atoms with Gasteiger partial charge in [0, 0.05) is 32.6 Å². The predicted octanol–water partition coefficient (Wildman–Crippen LogP) is 2.72. The summed E-state index contributed by atoms with van der Waals surface area (Å²) in [4.78, 5) is 30.3. The van der Waals surface area contributed by atoms with Crippen molar-refractivity contribution in [2.24, 2.45) is 0 Å². The Labute approximate surface area is 185 Å². The predicted molar refractivity (Wildman–Crippen MR) is 117 cm³/mol. The first-order valence-electron chi connectivity index (χ1n) is 9.89. The van der Waals surface area contributed by atoms with Crippen LogP contribution in [0, 0.1) is 0 Å². The van der Waals surface area contributed by atoms with Crippen molar-refractivity contribution in [2.45, 2.75) is 13.0 Å². The highest BCUT2D eigenvalue weighted by molar-refractivity contribution is 5.91. The first-order valence-corrected chi connectivity index (χ1v) is 9.89. The Balaban J connectivity index is 1.50. The number of nitrogens with zero attached hydrogens (tertiary/aromatic N) is 3. The summed E-state index contributed by atoms with van der Waals surface area (Å²) in [6, 6.07) is 14.3. The highest BCUT2D eigenvalue weighted by Gasteiger charge is 2.17. The number of carbonyl (C=O) groups is 2. The zero-order valence-corrected chi connectivity index (χ0v) is 18.1. The Morgan fingerprint density at radius 3 is 2.59 bits per heavy atom. The van der Waals surface area contributed by atoms with Crippen molar-refractivity contribution in [3.8, 4) is 11.5 Å². The molecule has 0 aliphatic carbocycles. The molecule has 10 nitrogen and oxygen atoms in total. The van der Waals surface area contributed by atoms with Crippen LogP contribution in [0.4, 0.5) is 10.5 Å². The van der Waals surface area contributed by atoms with Crippen molar-refractivity contribution in [2.75, 3.05) is 33.1 Å². The van der Waals surface area contributed by atoms with Gasteiger partial charge in [0.2, 0.25) is 0 Å². The zero-order valence-electron chi connectivity index (χ0n) is 18.1. The van der Waals surface area contributed by atoms with Crippen LogP contribution in [0.15, 0.2) is 53.1 Å². The van der Waals surface area contributed by atoms with Crippen LogP contribution in [-0.4, -0.2) is 54.8 Å². The number of benzene rings is 2. The van der Waals surface area contributed by atoms with E-state index in [-0.39, 0.29) is 11.9 Å². The maximum atomic E-state index is 12.5. The maximum absolute atomic E-state index is 12.5. The Kier molecular flexibility index (Phi) is 7.63. The highest BCUT2D eigenvalue weighted by atomic mass is 16.5. The van der Waals surface area contributed by atoms with E-state index < -0.39 is 5.91 Å². The van der Waals surface area contributed by atoms with E-state index in [4.69, 9.17) is 14.0 Å². The average molecular weight is 439 g/mol. The quantitative estimate of drug-likeness (QED) is 0.526. The number of hydrogen-bond acceptors (Lipinski definition) is 7. The monoisotopic (exact) mass is 439 g/mol. The first kappa shape index (κ1) is 22.6. The molecule has 168 valence electrons. The second kappa shape index (κ2) is 10.8. The van der Waals surface area contributed by atoms with Gasteiger partial charge in [0.05, 0.1) is 19.9 Å². The smallest absolute Gasteiger partial charge is 0.321 e. The van der Waals surface area contributed by atoms with Crippen LogP contribution >= 0.6 is 0 Å². The van der Waals surface area contributed by atoms with E-state index in [1.54, 1.807) is 32.4 Å². The number of rotatable bonds is 9. The highest BCUT2D eigenvalue weighted by Crippen LogP contribution is 2.29. The molecule has 32 heavy (non-hydrogen) atoms. The zero-order chi connectivity index (χ0) is 22.9. The SMILES string of the molecule is COc1ccc(OC)c(NC(=O)N(C)CCc2noc(C(=O)NCc3ccccc3)n2)c1. The minimum absolute atomic E-state index is 0.121. The maximum Gasteiger partial charge on any atom is 0.321 e. The number of methoxy groups -OCH3 is 2. The van der Waals surface area contributed by atoms with E-state index in [1.165, 1.54) is 12.0 Å². The number of hydrogen-bond donors (Lipinski definition) is 2. The van der Waals surface area contributed by atoms with Crippen molar-refractivity contribution in [1.29, 1.82) is 0 Å². The fourth-order valence-corrected chi connectivity index (χ4v) is 2.79. The summed E-state index contributed by atoms with van der Waals surface area (Å²) in [5, 5.41) is 9.32. The summed E-state index contributed by atoms with van der Waals surface area (Å²) < 4.78 is 15.5. The Hall–Kier alpha value is -4.08. The number of aromatic nitrogens is 2. The van der Waals surface area contributed by atoms with Gasteiger partial charge < -0.3 is 29.5 Å². The third-order valence-corrected chi connectivity index (χ3v) is 4.62. The summed E-state index contributed by atoms with van der Waals surface area (Å²) in [5.41, 5.74) is 1.45. The molecule has 3 amide bonds. The van der Waals surface area contributed by atoms with E-state index in [0.29, 0.717) is 42.5 Å². The van der Waals surface area contributed by atoms with Gasteiger partial charge in [-0.3, -0.25) is 4.79 Å². The van der Waals surface area contributed by atoms with Gasteiger partial charge in [-0.05, 0) is 17.7 Å². The molecule has 0 saturated heterocycles. The summed E-state index contributed by atoms with van der Waals surface area (Å²) in [5.74, 6) is 0.854. The van der Waals surface area contributed by atoms with Crippen LogP contribution in [-0.2, 0) is 13.0 Å². The van der Waals surface area contributed by atoms with Gasteiger partial charge in [0.15, 0.2) is 5.82 Å². The van der Waals surface area contributed by atoms with Crippen LogP contribution in [0.2, 0.25) is 0 Å². The lowest BCUT2D eigenvalue weighted by atomic mass is 10.2. The van der Waals surface area contributed by atoms with Gasteiger partial charge in [-0.25, -0.2) is 4.79 Å². The molecule has 1 heterocycles. The van der Waals surface area contributed by atoms with Crippen LogP contribution in [0.1, 0.15) is 22.1 Å². The summed E-state index contributed by atoms with van der Waals surface area (Å²) in [7, 11) is 4.70.